The van der Waals surface area contributed by atoms with Crippen LogP contribution >= 0.6 is 0 Å². The number of hydrogen-bond acceptors (Lipinski definition) is 2. The number of nitrogen functional groups attached to an aromatic ring is 1. The maximum Gasteiger partial charge on any atom is 0.269 e. The summed E-state index contributed by atoms with van der Waals surface area (Å²) in [6, 6.07) is 21.3. The van der Waals surface area contributed by atoms with Crippen LogP contribution in [0.1, 0.15) is 5.56 Å². The summed E-state index contributed by atoms with van der Waals surface area (Å²) >= 11 is 0. The van der Waals surface area contributed by atoms with Gasteiger partial charge in [0, 0.05) is 11.6 Å². The third kappa shape index (κ3) is 2.46. The summed E-state index contributed by atoms with van der Waals surface area (Å²) in [5.41, 5.74) is 4.44. The minimum atomic E-state index is -0.213. The van der Waals surface area contributed by atoms with Crippen molar-refractivity contribution in [1.29, 1.82) is 0 Å². The van der Waals surface area contributed by atoms with Gasteiger partial charge < -0.3 is 5.84 Å². The molecule has 0 bridgehead atoms. The second-order valence-electron chi connectivity index (χ2n) is 5.02. The SMILES string of the molecule is Cc1ccccc1-c1cc(-c2ccccc2)cc(=O)n1N. The zero-order chi connectivity index (χ0) is 14.8. The van der Waals surface area contributed by atoms with E-state index < -0.39 is 0 Å². The van der Waals surface area contributed by atoms with Crippen molar-refractivity contribution < 1.29 is 0 Å². The molecule has 0 aliphatic carbocycles. The van der Waals surface area contributed by atoms with Crippen molar-refractivity contribution in [2.75, 3.05) is 5.84 Å². The highest BCUT2D eigenvalue weighted by Gasteiger charge is 2.09. The Balaban J connectivity index is 2.25. The predicted molar refractivity (Wildman–Crippen MR) is 86.5 cm³/mol. The van der Waals surface area contributed by atoms with E-state index in [1.165, 1.54) is 4.68 Å². The van der Waals surface area contributed by atoms with Gasteiger partial charge in [0.25, 0.3) is 5.56 Å². The van der Waals surface area contributed by atoms with Gasteiger partial charge in [0.15, 0.2) is 0 Å². The maximum atomic E-state index is 12.2. The van der Waals surface area contributed by atoms with Crippen molar-refractivity contribution in [1.82, 2.24) is 4.68 Å². The highest BCUT2D eigenvalue weighted by molar-refractivity contribution is 5.72. The first-order valence-corrected chi connectivity index (χ1v) is 6.80. The van der Waals surface area contributed by atoms with Crippen LogP contribution in [0, 0.1) is 6.92 Å². The van der Waals surface area contributed by atoms with Crippen LogP contribution in [-0.2, 0) is 0 Å². The Morgan fingerprint density at radius 1 is 0.857 bits per heavy atom. The lowest BCUT2D eigenvalue weighted by Gasteiger charge is -2.12. The lowest BCUT2D eigenvalue weighted by atomic mass is 10.0. The van der Waals surface area contributed by atoms with Crippen LogP contribution in [0.25, 0.3) is 22.4 Å². The third-order valence-corrected chi connectivity index (χ3v) is 3.60. The van der Waals surface area contributed by atoms with Crippen LogP contribution in [0.15, 0.2) is 71.5 Å². The minimum absolute atomic E-state index is 0.213. The topological polar surface area (TPSA) is 48.0 Å². The number of nitrogens with zero attached hydrogens (tertiary/aromatic N) is 1. The molecular weight excluding hydrogens is 260 g/mol. The first-order chi connectivity index (χ1) is 10.2. The van der Waals surface area contributed by atoms with E-state index in [-0.39, 0.29) is 5.56 Å². The van der Waals surface area contributed by atoms with Crippen LogP contribution in [-0.4, -0.2) is 4.68 Å². The van der Waals surface area contributed by atoms with Gasteiger partial charge in [0.1, 0.15) is 0 Å². The van der Waals surface area contributed by atoms with Crippen molar-refractivity contribution in [3.05, 3.63) is 82.6 Å². The maximum absolute atomic E-state index is 12.2. The monoisotopic (exact) mass is 276 g/mol. The Kier molecular flexibility index (Phi) is 3.32. The average molecular weight is 276 g/mol. The van der Waals surface area contributed by atoms with Crippen molar-refractivity contribution in [3.8, 4) is 22.4 Å². The summed E-state index contributed by atoms with van der Waals surface area (Å²) in [5, 5.41) is 0. The van der Waals surface area contributed by atoms with E-state index in [9.17, 15) is 4.79 Å². The lowest BCUT2D eigenvalue weighted by molar-refractivity contribution is 0.947. The van der Waals surface area contributed by atoms with Crippen LogP contribution in [0.2, 0.25) is 0 Å². The zero-order valence-corrected chi connectivity index (χ0v) is 11.8. The number of pyridine rings is 1. The van der Waals surface area contributed by atoms with Gasteiger partial charge in [-0.05, 0) is 29.7 Å². The van der Waals surface area contributed by atoms with Crippen LogP contribution in [0.4, 0.5) is 0 Å². The second-order valence-corrected chi connectivity index (χ2v) is 5.02. The van der Waals surface area contributed by atoms with E-state index in [1.54, 1.807) is 6.07 Å². The van der Waals surface area contributed by atoms with E-state index in [2.05, 4.69) is 0 Å². The van der Waals surface area contributed by atoms with Gasteiger partial charge in [-0.2, -0.15) is 0 Å². The molecule has 0 amide bonds. The Labute approximate surface area is 123 Å². The summed E-state index contributed by atoms with van der Waals surface area (Å²) < 4.78 is 1.20. The molecule has 0 unspecified atom stereocenters. The minimum Gasteiger partial charge on any atom is -0.336 e. The normalized spacial score (nSPS) is 10.5. The van der Waals surface area contributed by atoms with Crippen molar-refractivity contribution in [2.24, 2.45) is 0 Å². The number of aromatic nitrogens is 1. The third-order valence-electron chi connectivity index (χ3n) is 3.60. The molecule has 21 heavy (non-hydrogen) atoms. The highest BCUT2D eigenvalue weighted by atomic mass is 16.1. The molecule has 0 saturated heterocycles. The van der Waals surface area contributed by atoms with Crippen LogP contribution in [0.3, 0.4) is 0 Å². The smallest absolute Gasteiger partial charge is 0.269 e. The molecule has 0 radical (unpaired) electrons. The first-order valence-electron chi connectivity index (χ1n) is 6.80. The molecule has 1 heterocycles. The van der Waals surface area contributed by atoms with Crippen LogP contribution in [0.5, 0.6) is 0 Å². The van der Waals surface area contributed by atoms with Gasteiger partial charge in [-0.25, -0.2) is 4.68 Å². The standard InChI is InChI=1S/C18H16N2O/c1-13-7-5-6-10-16(13)17-11-15(12-18(21)20(17)19)14-8-3-2-4-9-14/h2-12H,19H2,1H3. The van der Waals surface area contributed by atoms with Gasteiger partial charge in [-0.3, -0.25) is 4.79 Å². The molecule has 2 aromatic carbocycles. The molecule has 0 aliphatic rings. The number of nitrogens with two attached hydrogens (primary N) is 1. The summed E-state index contributed by atoms with van der Waals surface area (Å²) in [7, 11) is 0. The van der Waals surface area contributed by atoms with Gasteiger partial charge in [-0.1, -0.05) is 54.6 Å². The fourth-order valence-corrected chi connectivity index (χ4v) is 2.44. The van der Waals surface area contributed by atoms with E-state index in [4.69, 9.17) is 5.84 Å². The number of rotatable bonds is 2. The number of benzene rings is 2. The molecule has 3 heteroatoms. The molecule has 3 rings (SSSR count). The summed E-state index contributed by atoms with van der Waals surface area (Å²) in [4.78, 5) is 12.2. The molecule has 3 aromatic rings. The summed E-state index contributed by atoms with van der Waals surface area (Å²) in [6.45, 7) is 2.01. The van der Waals surface area contributed by atoms with Crippen LogP contribution < -0.4 is 11.4 Å². The van der Waals surface area contributed by atoms with Gasteiger partial charge in [-0.15, -0.1) is 0 Å². The van der Waals surface area contributed by atoms with Gasteiger partial charge in [0.2, 0.25) is 0 Å². The van der Waals surface area contributed by atoms with Crippen molar-refractivity contribution in [2.45, 2.75) is 6.92 Å². The quantitative estimate of drug-likeness (QED) is 0.731. The van der Waals surface area contributed by atoms with E-state index >= 15 is 0 Å². The molecule has 2 N–H and O–H groups in total. The first kappa shape index (κ1) is 13.2. The van der Waals surface area contributed by atoms with Gasteiger partial charge >= 0.3 is 0 Å². The fourth-order valence-electron chi connectivity index (χ4n) is 2.44. The Morgan fingerprint density at radius 2 is 1.52 bits per heavy atom. The molecule has 0 fully saturated rings. The number of hydrogen-bond donors (Lipinski definition) is 1. The molecule has 1 aromatic heterocycles. The molecule has 0 aliphatic heterocycles. The largest absolute Gasteiger partial charge is 0.336 e. The van der Waals surface area contributed by atoms with Crippen molar-refractivity contribution >= 4 is 0 Å². The van der Waals surface area contributed by atoms with E-state index in [1.807, 2.05) is 67.6 Å². The number of aryl methyl sites for hydroxylation is 1. The zero-order valence-electron chi connectivity index (χ0n) is 11.8. The average Bonchev–Trinajstić information content (AvgIpc) is 2.51. The Bertz CT molecular complexity index is 835. The summed E-state index contributed by atoms with van der Waals surface area (Å²) in [5.74, 6) is 5.93. The fraction of sp³-hybridized carbons (Fsp3) is 0.0556. The Morgan fingerprint density at radius 3 is 2.24 bits per heavy atom. The highest BCUT2D eigenvalue weighted by Crippen LogP contribution is 2.25. The predicted octanol–water partition coefficient (Wildman–Crippen LogP) is 3.20. The van der Waals surface area contributed by atoms with Gasteiger partial charge in [0.05, 0.1) is 5.69 Å². The molecule has 0 spiro atoms. The molecule has 104 valence electrons. The second kappa shape index (κ2) is 5.29. The van der Waals surface area contributed by atoms with E-state index in [0.717, 1.165) is 27.9 Å². The van der Waals surface area contributed by atoms with Crippen molar-refractivity contribution in [3.63, 3.8) is 0 Å². The lowest BCUT2D eigenvalue weighted by Crippen LogP contribution is -2.28. The Hall–Kier alpha value is -2.81. The molecule has 0 atom stereocenters. The molecule has 3 nitrogen and oxygen atoms in total. The summed E-state index contributed by atoms with van der Waals surface area (Å²) in [6.07, 6.45) is 0. The molecular formula is C18H16N2O. The van der Waals surface area contributed by atoms with E-state index in [0.29, 0.717) is 0 Å². The molecule has 0 saturated carbocycles.